The van der Waals surface area contributed by atoms with E-state index in [-0.39, 0.29) is 24.6 Å². The standard InChI is InChI=1S/C13H18F2N2O3.ClH/c1-19-6-7-20-11-5-3-2-4-10(11)12(18)17-9-13(14,15)8-16;/h2-5H,6-9,16H2,1H3,(H,17,18);1H. The van der Waals surface area contributed by atoms with Gasteiger partial charge in [0.25, 0.3) is 11.8 Å². The highest BCUT2D eigenvalue weighted by molar-refractivity contribution is 5.96. The molecule has 3 N–H and O–H groups in total. The van der Waals surface area contributed by atoms with Crippen LogP contribution >= 0.6 is 12.4 Å². The van der Waals surface area contributed by atoms with E-state index in [2.05, 4.69) is 5.32 Å². The number of alkyl halides is 2. The highest BCUT2D eigenvalue weighted by Crippen LogP contribution is 2.18. The van der Waals surface area contributed by atoms with Crippen LogP contribution in [0.5, 0.6) is 5.75 Å². The molecule has 0 aliphatic carbocycles. The van der Waals surface area contributed by atoms with E-state index in [1.165, 1.54) is 13.2 Å². The normalized spacial score (nSPS) is 10.7. The summed E-state index contributed by atoms with van der Waals surface area (Å²) in [6.45, 7) is -1.01. The van der Waals surface area contributed by atoms with E-state index >= 15 is 0 Å². The number of halogens is 3. The van der Waals surface area contributed by atoms with Gasteiger partial charge in [0.15, 0.2) is 0 Å². The molecule has 1 amide bonds. The van der Waals surface area contributed by atoms with Gasteiger partial charge in [-0.1, -0.05) is 12.1 Å². The van der Waals surface area contributed by atoms with Gasteiger partial charge in [0.2, 0.25) is 0 Å². The number of hydrogen-bond acceptors (Lipinski definition) is 4. The maximum atomic E-state index is 13.0. The number of carbonyl (C=O) groups is 1. The third-order valence-electron chi connectivity index (χ3n) is 2.48. The number of amides is 1. The number of ether oxygens (including phenoxy) is 2. The Kier molecular flexibility index (Phi) is 8.84. The minimum absolute atomic E-state index is 0. The van der Waals surface area contributed by atoms with Crippen molar-refractivity contribution in [1.82, 2.24) is 5.32 Å². The maximum absolute atomic E-state index is 13.0. The van der Waals surface area contributed by atoms with Gasteiger partial charge in [0.05, 0.1) is 25.3 Å². The van der Waals surface area contributed by atoms with Gasteiger partial charge >= 0.3 is 0 Å². The van der Waals surface area contributed by atoms with Crippen molar-refractivity contribution in [2.24, 2.45) is 5.73 Å². The molecule has 1 aromatic carbocycles. The van der Waals surface area contributed by atoms with Gasteiger partial charge in [0.1, 0.15) is 12.4 Å². The first kappa shape index (κ1) is 19.6. The monoisotopic (exact) mass is 324 g/mol. The second-order valence-corrected chi connectivity index (χ2v) is 4.08. The van der Waals surface area contributed by atoms with Crippen LogP contribution in [0.2, 0.25) is 0 Å². The van der Waals surface area contributed by atoms with Crippen molar-refractivity contribution in [2.75, 3.05) is 33.4 Å². The largest absolute Gasteiger partial charge is 0.490 e. The van der Waals surface area contributed by atoms with Gasteiger partial charge in [-0.05, 0) is 12.1 Å². The van der Waals surface area contributed by atoms with Crippen LogP contribution in [-0.2, 0) is 4.74 Å². The van der Waals surface area contributed by atoms with Crippen molar-refractivity contribution in [3.63, 3.8) is 0 Å². The number of benzene rings is 1. The molecule has 0 aromatic heterocycles. The molecule has 0 aliphatic heterocycles. The Balaban J connectivity index is 0.00000400. The van der Waals surface area contributed by atoms with Crippen LogP contribution in [-0.4, -0.2) is 45.2 Å². The first-order chi connectivity index (χ1) is 9.50. The molecule has 8 heteroatoms. The van der Waals surface area contributed by atoms with Crippen LogP contribution < -0.4 is 15.8 Å². The quantitative estimate of drug-likeness (QED) is 0.710. The Morgan fingerprint density at radius 3 is 2.62 bits per heavy atom. The van der Waals surface area contributed by atoms with E-state index in [4.69, 9.17) is 15.2 Å². The summed E-state index contributed by atoms with van der Waals surface area (Å²) in [4.78, 5) is 11.9. The molecule has 0 unspecified atom stereocenters. The topological polar surface area (TPSA) is 73.6 Å². The lowest BCUT2D eigenvalue weighted by Gasteiger charge is -2.16. The number of rotatable bonds is 8. The molecular formula is C13H19ClF2N2O3. The predicted octanol–water partition coefficient (Wildman–Crippen LogP) is 1.46. The molecule has 120 valence electrons. The predicted molar refractivity (Wildman–Crippen MR) is 77.4 cm³/mol. The van der Waals surface area contributed by atoms with Gasteiger partial charge in [-0.25, -0.2) is 8.78 Å². The highest BCUT2D eigenvalue weighted by Gasteiger charge is 2.27. The summed E-state index contributed by atoms with van der Waals surface area (Å²) in [5.41, 5.74) is 5.09. The number of nitrogens with two attached hydrogens (primary N) is 1. The summed E-state index contributed by atoms with van der Waals surface area (Å²) < 4.78 is 36.2. The zero-order valence-electron chi connectivity index (χ0n) is 11.6. The Bertz CT molecular complexity index is 447. The van der Waals surface area contributed by atoms with Crippen molar-refractivity contribution >= 4 is 18.3 Å². The van der Waals surface area contributed by atoms with Crippen LogP contribution in [0.15, 0.2) is 24.3 Å². The minimum atomic E-state index is -3.12. The first-order valence-electron chi connectivity index (χ1n) is 6.07. The van der Waals surface area contributed by atoms with Crippen LogP contribution in [0.1, 0.15) is 10.4 Å². The molecule has 0 aliphatic rings. The van der Waals surface area contributed by atoms with Gasteiger partial charge in [-0.3, -0.25) is 4.79 Å². The summed E-state index contributed by atoms with van der Waals surface area (Å²) in [5, 5.41) is 2.14. The average Bonchev–Trinajstić information content (AvgIpc) is 2.46. The molecule has 0 atom stereocenters. The second kappa shape index (κ2) is 9.49. The Hall–Kier alpha value is -1.44. The van der Waals surface area contributed by atoms with Gasteiger partial charge in [-0.15, -0.1) is 12.4 Å². The number of nitrogens with one attached hydrogen (secondary N) is 1. The molecule has 0 saturated carbocycles. The first-order valence-corrected chi connectivity index (χ1v) is 6.07. The SMILES string of the molecule is COCCOc1ccccc1C(=O)NCC(F)(F)CN.Cl. The highest BCUT2D eigenvalue weighted by atomic mass is 35.5. The summed E-state index contributed by atoms with van der Waals surface area (Å²) in [6.07, 6.45) is 0. The van der Waals surface area contributed by atoms with Crippen molar-refractivity contribution in [1.29, 1.82) is 0 Å². The molecule has 0 radical (unpaired) electrons. The fourth-order valence-corrected chi connectivity index (χ4v) is 1.39. The number of hydrogen-bond donors (Lipinski definition) is 2. The zero-order valence-corrected chi connectivity index (χ0v) is 12.4. The lowest BCUT2D eigenvalue weighted by molar-refractivity contribution is 0.0118. The van der Waals surface area contributed by atoms with Gasteiger partial charge in [-0.2, -0.15) is 0 Å². The number of carbonyl (C=O) groups excluding carboxylic acids is 1. The van der Waals surface area contributed by atoms with Gasteiger partial charge < -0.3 is 20.5 Å². The zero-order chi connectivity index (χ0) is 15.0. The Morgan fingerprint density at radius 1 is 1.33 bits per heavy atom. The number of para-hydroxylation sites is 1. The summed E-state index contributed by atoms with van der Waals surface area (Å²) >= 11 is 0. The molecule has 0 saturated heterocycles. The molecule has 1 rings (SSSR count). The van der Waals surface area contributed by atoms with Crippen LogP contribution in [0.4, 0.5) is 8.78 Å². The molecule has 0 bridgehead atoms. The molecular weight excluding hydrogens is 306 g/mol. The van der Waals surface area contributed by atoms with Crippen molar-refractivity contribution in [3.8, 4) is 5.75 Å². The third kappa shape index (κ3) is 6.70. The summed E-state index contributed by atoms with van der Waals surface area (Å²) in [5.74, 6) is -3.44. The fourth-order valence-electron chi connectivity index (χ4n) is 1.39. The molecule has 0 fully saturated rings. The second-order valence-electron chi connectivity index (χ2n) is 4.08. The lowest BCUT2D eigenvalue weighted by atomic mass is 10.2. The van der Waals surface area contributed by atoms with Crippen LogP contribution in [0.3, 0.4) is 0 Å². The lowest BCUT2D eigenvalue weighted by Crippen LogP contribution is -2.41. The van der Waals surface area contributed by atoms with E-state index in [0.717, 1.165) is 0 Å². The Labute approximate surface area is 128 Å². The van der Waals surface area contributed by atoms with E-state index in [0.29, 0.717) is 12.4 Å². The molecule has 0 heterocycles. The summed E-state index contributed by atoms with van der Waals surface area (Å²) in [6, 6.07) is 6.40. The van der Waals surface area contributed by atoms with E-state index in [9.17, 15) is 13.6 Å². The third-order valence-corrected chi connectivity index (χ3v) is 2.48. The molecule has 0 spiro atoms. The fraction of sp³-hybridized carbons (Fsp3) is 0.462. The van der Waals surface area contributed by atoms with E-state index in [1.54, 1.807) is 18.2 Å². The maximum Gasteiger partial charge on any atom is 0.277 e. The molecule has 21 heavy (non-hydrogen) atoms. The smallest absolute Gasteiger partial charge is 0.277 e. The average molecular weight is 325 g/mol. The van der Waals surface area contributed by atoms with E-state index < -0.39 is 24.9 Å². The van der Waals surface area contributed by atoms with Crippen LogP contribution in [0, 0.1) is 0 Å². The molecule has 5 nitrogen and oxygen atoms in total. The number of methoxy groups -OCH3 is 1. The van der Waals surface area contributed by atoms with Crippen molar-refractivity contribution in [2.45, 2.75) is 5.92 Å². The minimum Gasteiger partial charge on any atom is -0.490 e. The van der Waals surface area contributed by atoms with E-state index in [1.807, 2.05) is 0 Å². The van der Waals surface area contributed by atoms with Crippen LogP contribution in [0.25, 0.3) is 0 Å². The Morgan fingerprint density at radius 2 is 2.00 bits per heavy atom. The summed E-state index contributed by atoms with van der Waals surface area (Å²) in [7, 11) is 1.52. The van der Waals surface area contributed by atoms with Gasteiger partial charge in [0, 0.05) is 7.11 Å². The van der Waals surface area contributed by atoms with Crippen molar-refractivity contribution in [3.05, 3.63) is 29.8 Å². The molecule has 1 aromatic rings. The van der Waals surface area contributed by atoms with Crippen molar-refractivity contribution < 1.29 is 23.0 Å².